The Labute approximate surface area is 104 Å². The standard InChI is InChI=1S/C15H24FN/c1-5-10-17-15(11(2)3)12(4)13-8-6-7-9-14(13)16/h6-9,11-12,15,17H,5,10H2,1-4H3. The van der Waals surface area contributed by atoms with Gasteiger partial charge in [0.05, 0.1) is 0 Å². The zero-order chi connectivity index (χ0) is 12.8. The molecule has 0 aliphatic rings. The van der Waals surface area contributed by atoms with Crippen LogP contribution in [0.2, 0.25) is 0 Å². The Morgan fingerprint density at radius 2 is 1.82 bits per heavy atom. The molecule has 0 radical (unpaired) electrons. The van der Waals surface area contributed by atoms with E-state index in [1.807, 2.05) is 12.1 Å². The molecule has 0 aromatic heterocycles. The summed E-state index contributed by atoms with van der Waals surface area (Å²) in [4.78, 5) is 0. The second kappa shape index (κ2) is 6.75. The largest absolute Gasteiger partial charge is 0.313 e. The highest BCUT2D eigenvalue weighted by molar-refractivity contribution is 5.22. The molecule has 17 heavy (non-hydrogen) atoms. The van der Waals surface area contributed by atoms with Crippen LogP contribution in [0.5, 0.6) is 0 Å². The summed E-state index contributed by atoms with van der Waals surface area (Å²) < 4.78 is 13.8. The van der Waals surface area contributed by atoms with Crippen LogP contribution in [0.4, 0.5) is 4.39 Å². The van der Waals surface area contributed by atoms with Crippen LogP contribution in [0, 0.1) is 11.7 Å². The average molecular weight is 237 g/mol. The molecule has 2 heteroatoms. The topological polar surface area (TPSA) is 12.0 Å². The predicted molar refractivity (Wildman–Crippen MR) is 71.7 cm³/mol. The van der Waals surface area contributed by atoms with Crippen molar-refractivity contribution in [3.63, 3.8) is 0 Å². The van der Waals surface area contributed by atoms with E-state index in [1.165, 1.54) is 0 Å². The molecule has 1 aromatic carbocycles. The lowest BCUT2D eigenvalue weighted by Crippen LogP contribution is -2.38. The Hall–Kier alpha value is -0.890. The highest BCUT2D eigenvalue weighted by Gasteiger charge is 2.23. The molecule has 2 atom stereocenters. The maximum absolute atomic E-state index is 13.8. The number of hydrogen-bond donors (Lipinski definition) is 1. The van der Waals surface area contributed by atoms with Crippen LogP contribution in [0.1, 0.15) is 45.6 Å². The summed E-state index contributed by atoms with van der Waals surface area (Å²) in [7, 11) is 0. The number of nitrogens with one attached hydrogen (secondary N) is 1. The SMILES string of the molecule is CCCNC(C(C)C)C(C)c1ccccc1F. The molecular weight excluding hydrogens is 213 g/mol. The van der Waals surface area contributed by atoms with Gasteiger partial charge in [0.2, 0.25) is 0 Å². The van der Waals surface area contributed by atoms with Gasteiger partial charge in [0.25, 0.3) is 0 Å². The Morgan fingerprint density at radius 1 is 1.18 bits per heavy atom. The van der Waals surface area contributed by atoms with Gasteiger partial charge in [-0.15, -0.1) is 0 Å². The van der Waals surface area contributed by atoms with E-state index in [-0.39, 0.29) is 11.7 Å². The first-order valence-electron chi connectivity index (χ1n) is 6.55. The molecule has 0 aliphatic heterocycles. The minimum Gasteiger partial charge on any atom is -0.313 e. The zero-order valence-corrected chi connectivity index (χ0v) is 11.3. The summed E-state index contributed by atoms with van der Waals surface area (Å²) in [5.41, 5.74) is 0.815. The fourth-order valence-electron chi connectivity index (χ4n) is 2.34. The van der Waals surface area contributed by atoms with Crippen molar-refractivity contribution in [1.82, 2.24) is 5.32 Å². The molecule has 0 heterocycles. The molecule has 0 saturated heterocycles. The molecular formula is C15H24FN. The van der Waals surface area contributed by atoms with Crippen LogP contribution in [-0.4, -0.2) is 12.6 Å². The van der Waals surface area contributed by atoms with Crippen LogP contribution < -0.4 is 5.32 Å². The Bertz CT molecular complexity index is 335. The summed E-state index contributed by atoms with van der Waals surface area (Å²) in [6.45, 7) is 9.61. The lowest BCUT2D eigenvalue weighted by Gasteiger charge is -2.29. The first-order valence-corrected chi connectivity index (χ1v) is 6.55. The molecule has 1 aromatic rings. The Morgan fingerprint density at radius 3 is 2.35 bits per heavy atom. The molecule has 0 aliphatic carbocycles. The molecule has 2 unspecified atom stereocenters. The summed E-state index contributed by atoms with van der Waals surface area (Å²) in [5.74, 6) is 0.600. The van der Waals surface area contributed by atoms with Crippen molar-refractivity contribution in [2.45, 2.75) is 46.1 Å². The number of benzene rings is 1. The second-order valence-electron chi connectivity index (χ2n) is 5.03. The van der Waals surface area contributed by atoms with Gasteiger partial charge in [0, 0.05) is 6.04 Å². The minimum atomic E-state index is -0.0936. The third kappa shape index (κ3) is 3.81. The molecule has 0 spiro atoms. The quantitative estimate of drug-likeness (QED) is 0.790. The van der Waals surface area contributed by atoms with E-state index in [0.717, 1.165) is 18.5 Å². The van der Waals surface area contributed by atoms with Crippen molar-refractivity contribution in [3.8, 4) is 0 Å². The van der Waals surface area contributed by atoms with Gasteiger partial charge in [-0.2, -0.15) is 0 Å². The summed E-state index contributed by atoms with van der Waals surface area (Å²) in [5, 5.41) is 3.53. The van der Waals surface area contributed by atoms with Gasteiger partial charge in [-0.05, 0) is 36.4 Å². The molecule has 0 amide bonds. The predicted octanol–water partition coefficient (Wildman–Crippen LogP) is 3.95. The van der Waals surface area contributed by atoms with Crippen molar-refractivity contribution in [2.75, 3.05) is 6.54 Å². The third-order valence-electron chi connectivity index (χ3n) is 3.28. The molecule has 0 saturated carbocycles. The Balaban J connectivity index is 2.84. The van der Waals surface area contributed by atoms with E-state index in [2.05, 4.69) is 33.0 Å². The van der Waals surface area contributed by atoms with E-state index >= 15 is 0 Å². The lowest BCUT2D eigenvalue weighted by molar-refractivity contribution is 0.348. The number of rotatable bonds is 6. The van der Waals surface area contributed by atoms with Gasteiger partial charge in [0.15, 0.2) is 0 Å². The van der Waals surface area contributed by atoms with Crippen LogP contribution >= 0.6 is 0 Å². The molecule has 0 fully saturated rings. The van der Waals surface area contributed by atoms with E-state index < -0.39 is 0 Å². The first kappa shape index (κ1) is 14.2. The van der Waals surface area contributed by atoms with Crippen molar-refractivity contribution in [2.24, 2.45) is 5.92 Å². The second-order valence-corrected chi connectivity index (χ2v) is 5.03. The Kier molecular flexibility index (Phi) is 5.63. The van der Waals surface area contributed by atoms with Gasteiger partial charge in [-0.25, -0.2) is 4.39 Å². The van der Waals surface area contributed by atoms with Gasteiger partial charge in [-0.1, -0.05) is 45.9 Å². The van der Waals surface area contributed by atoms with Crippen molar-refractivity contribution in [3.05, 3.63) is 35.6 Å². The van der Waals surface area contributed by atoms with E-state index in [4.69, 9.17) is 0 Å². The number of hydrogen-bond acceptors (Lipinski definition) is 1. The van der Waals surface area contributed by atoms with Gasteiger partial charge >= 0.3 is 0 Å². The van der Waals surface area contributed by atoms with Gasteiger partial charge in [0.1, 0.15) is 5.82 Å². The molecule has 96 valence electrons. The maximum atomic E-state index is 13.8. The fourth-order valence-corrected chi connectivity index (χ4v) is 2.34. The van der Waals surface area contributed by atoms with Crippen LogP contribution in [0.15, 0.2) is 24.3 Å². The van der Waals surface area contributed by atoms with E-state index in [0.29, 0.717) is 12.0 Å². The minimum absolute atomic E-state index is 0.0936. The van der Waals surface area contributed by atoms with Crippen molar-refractivity contribution >= 4 is 0 Å². The maximum Gasteiger partial charge on any atom is 0.126 e. The number of halogens is 1. The van der Waals surface area contributed by atoms with Crippen LogP contribution in [0.3, 0.4) is 0 Å². The van der Waals surface area contributed by atoms with Crippen LogP contribution in [0.25, 0.3) is 0 Å². The fraction of sp³-hybridized carbons (Fsp3) is 0.600. The van der Waals surface area contributed by atoms with Crippen molar-refractivity contribution < 1.29 is 4.39 Å². The molecule has 1 rings (SSSR count). The normalized spacial score (nSPS) is 14.9. The van der Waals surface area contributed by atoms with Crippen LogP contribution in [-0.2, 0) is 0 Å². The van der Waals surface area contributed by atoms with Gasteiger partial charge < -0.3 is 5.32 Å². The molecule has 1 nitrogen and oxygen atoms in total. The summed E-state index contributed by atoms with van der Waals surface area (Å²) in [6, 6.07) is 7.42. The highest BCUT2D eigenvalue weighted by Crippen LogP contribution is 2.25. The van der Waals surface area contributed by atoms with Crippen molar-refractivity contribution in [1.29, 1.82) is 0 Å². The smallest absolute Gasteiger partial charge is 0.126 e. The molecule has 1 N–H and O–H groups in total. The third-order valence-corrected chi connectivity index (χ3v) is 3.28. The molecule has 0 bridgehead atoms. The summed E-state index contributed by atoms with van der Waals surface area (Å²) in [6.07, 6.45) is 1.10. The van der Waals surface area contributed by atoms with E-state index in [9.17, 15) is 4.39 Å². The van der Waals surface area contributed by atoms with Gasteiger partial charge in [-0.3, -0.25) is 0 Å². The monoisotopic (exact) mass is 237 g/mol. The highest BCUT2D eigenvalue weighted by atomic mass is 19.1. The summed E-state index contributed by atoms with van der Waals surface area (Å²) >= 11 is 0. The first-order chi connectivity index (χ1) is 8.07. The average Bonchev–Trinajstić information content (AvgIpc) is 2.29. The lowest BCUT2D eigenvalue weighted by atomic mass is 9.86. The zero-order valence-electron chi connectivity index (χ0n) is 11.3. The van der Waals surface area contributed by atoms with E-state index in [1.54, 1.807) is 12.1 Å².